The van der Waals surface area contributed by atoms with Crippen LogP contribution >= 0.6 is 93.5 Å². The number of aliphatic carboxylic acids is 5. The number of halogens is 4. The molecule has 1 unspecified atom stereocenters. The van der Waals surface area contributed by atoms with Crippen molar-refractivity contribution in [1.29, 1.82) is 21.0 Å². The number of rotatable bonds is 21. The lowest BCUT2D eigenvalue weighted by Crippen LogP contribution is -2.41. The topological polar surface area (TPSA) is 351 Å². The van der Waals surface area contributed by atoms with Gasteiger partial charge in [-0.1, -0.05) is 156 Å². The van der Waals surface area contributed by atoms with Crippen molar-refractivity contribution in [3.05, 3.63) is 333 Å². The molecule has 134 heavy (non-hydrogen) atoms. The fourth-order valence-corrected chi connectivity index (χ4v) is 20.5. The monoisotopic (exact) mass is 1920 g/mol. The third kappa shape index (κ3) is 21.7. The molecule has 0 bridgehead atoms. The minimum atomic E-state index is -0.938. The Labute approximate surface area is 807 Å². The lowest BCUT2D eigenvalue weighted by atomic mass is 9.84. The standard InChI is InChI=1S/C25H18N2O2S.C23H16N2O2S.2C20H15ClN2O2S.C18H16Cl2N2O2/c26-13-16-7-9-21(20-5-2-1-4-19(16)20)23-15-27-14-17-6-8-18(12-22(17)23)30-25(24(28)29)10-3-11-25;1-14(23(26)27)28-17-8-6-16-12-25-13-22(21(16)10-17)20-9-7-15(11-24)18-4-2-3-5-19(18)20;1-20(2,19(24)25)26-14-5-4-13-10-23-11-17(16(13)8-14)15-6-3-12(9-22)7-18(15)21;1-20(2,19(24)25)26-15-6-5-14-10-23-11-17(16(14)8-15)12-3-4-13(9-22)18(21)7-12;1-11-16-7-5-12(6-8-18(23)24)10-22(16)17(21-11)9-13-14(19)3-2-4-15(13)20/h1-2,4-9,12,14-15H,3,10-11H2,(H,28,29);2-10,12-14H,1H3,(H,26,27);2*3-8,10-11H,1-2H3,(H,24,25);2-5,7,10H,6,8-9H2,1H3,(H,23,24). The predicted molar refractivity (Wildman–Crippen MR) is 536 cm³/mol. The first-order chi connectivity index (χ1) is 64.3. The van der Waals surface area contributed by atoms with Gasteiger partial charge >= 0.3 is 29.8 Å². The first-order valence-electron chi connectivity index (χ1n) is 41.8. The van der Waals surface area contributed by atoms with Gasteiger partial charge in [0.05, 0.1) is 56.7 Å². The minimum absolute atomic E-state index is 0.102. The van der Waals surface area contributed by atoms with E-state index < -0.39 is 49.3 Å². The van der Waals surface area contributed by atoms with Crippen LogP contribution in [-0.2, 0) is 36.8 Å². The second kappa shape index (κ2) is 41.9. The second-order valence-electron chi connectivity index (χ2n) is 32.4. The summed E-state index contributed by atoms with van der Waals surface area (Å²) in [5.41, 5.74) is 13.2. The van der Waals surface area contributed by atoms with E-state index in [0.717, 1.165) is 163 Å². The maximum atomic E-state index is 11.8. The molecule has 6 aromatic heterocycles. The van der Waals surface area contributed by atoms with Crippen molar-refractivity contribution >= 4 is 193 Å². The molecule has 0 radical (unpaired) electrons. The van der Waals surface area contributed by atoms with Crippen LogP contribution in [0.1, 0.15) is 105 Å². The highest BCUT2D eigenvalue weighted by molar-refractivity contribution is 8.02. The summed E-state index contributed by atoms with van der Waals surface area (Å²) in [7, 11) is 0. The summed E-state index contributed by atoms with van der Waals surface area (Å²) in [6, 6.07) is 75.3. The van der Waals surface area contributed by atoms with Crippen LogP contribution < -0.4 is 0 Å². The molecule has 1 saturated carbocycles. The van der Waals surface area contributed by atoms with Crippen molar-refractivity contribution < 1.29 is 49.5 Å². The van der Waals surface area contributed by atoms with Gasteiger partial charge in [0.15, 0.2) is 0 Å². The fourth-order valence-electron chi connectivity index (χ4n) is 15.3. The molecule has 0 spiro atoms. The highest BCUT2D eigenvalue weighted by Crippen LogP contribution is 2.50. The Hall–Kier alpha value is -13.9. The van der Waals surface area contributed by atoms with Crippen LogP contribution in [0.2, 0.25) is 20.1 Å². The molecule has 0 saturated heterocycles. The molecule has 1 fully saturated rings. The van der Waals surface area contributed by atoms with Crippen molar-refractivity contribution in [2.45, 2.75) is 119 Å². The number of hydrogen-bond donors (Lipinski definition) is 5. The van der Waals surface area contributed by atoms with Gasteiger partial charge in [0, 0.05) is 163 Å². The van der Waals surface area contributed by atoms with Gasteiger partial charge in [0.1, 0.15) is 31.4 Å². The van der Waals surface area contributed by atoms with E-state index >= 15 is 0 Å². The third-order valence-electron chi connectivity index (χ3n) is 22.7. The molecular weight excluding hydrogens is 1840 g/mol. The van der Waals surface area contributed by atoms with Gasteiger partial charge < -0.3 is 29.9 Å². The zero-order valence-electron chi connectivity index (χ0n) is 72.6. The lowest BCUT2D eigenvalue weighted by Gasteiger charge is -2.36. The first-order valence-corrected chi connectivity index (χ1v) is 46.7. The molecule has 6 heterocycles. The Bertz CT molecular complexity index is 7720. The molecule has 1 aliphatic rings. The Morgan fingerprint density at radius 3 is 1.37 bits per heavy atom. The van der Waals surface area contributed by atoms with E-state index in [1.807, 2.05) is 212 Å². The second-order valence-corrected chi connectivity index (χ2v) is 40.3. The van der Waals surface area contributed by atoms with E-state index in [1.165, 1.54) is 47.0 Å². The average Bonchev–Trinajstić information content (AvgIpc) is 0.945. The number of imidazole rings is 1. The van der Waals surface area contributed by atoms with Crippen LogP contribution in [0.5, 0.6) is 0 Å². The first kappa shape index (κ1) is 96.2. The SMILES string of the molecule is CC(C)(Sc1ccc2cncc(-c3ccc(C#N)c(Cl)c3)c2c1)C(=O)O.CC(C)(Sc1ccc2cncc(-c3ccc(C#N)cc3Cl)c2c1)C(=O)O.CC(Sc1ccc2cncc(-c3ccc(C#N)c4ccccc34)c2c1)C(=O)O.Cc1nc(Cc2c(Cl)cccc2Cl)n2cc(CCC(=O)O)ccc12.N#Cc1ccc(-c2cncc3ccc(SC4(C(=O)O)CCC4)cc23)c2ccccc12. The molecule has 17 aromatic rings. The van der Waals surface area contributed by atoms with Crippen molar-refractivity contribution in [1.82, 2.24) is 29.3 Å². The van der Waals surface area contributed by atoms with E-state index in [4.69, 9.17) is 62.0 Å². The number of fused-ring (bicyclic) bond motifs is 7. The van der Waals surface area contributed by atoms with Gasteiger partial charge in [0.25, 0.3) is 0 Å². The summed E-state index contributed by atoms with van der Waals surface area (Å²) in [4.78, 5) is 82.2. The molecule has 0 aliphatic heterocycles. The van der Waals surface area contributed by atoms with E-state index in [1.54, 1.807) is 95.9 Å². The quantitative estimate of drug-likeness (QED) is 0.0417. The highest BCUT2D eigenvalue weighted by Gasteiger charge is 2.45. The Morgan fingerprint density at radius 1 is 0.455 bits per heavy atom. The van der Waals surface area contributed by atoms with Crippen LogP contribution in [0.4, 0.5) is 0 Å². The summed E-state index contributed by atoms with van der Waals surface area (Å²) in [6.45, 7) is 10.3. The normalized spacial score (nSPS) is 12.2. The number of pyridine rings is 5. The average molecular weight is 1920 g/mol. The summed E-state index contributed by atoms with van der Waals surface area (Å²) in [5, 5.41) is 96.6. The van der Waals surface area contributed by atoms with E-state index in [9.17, 15) is 54.9 Å². The molecule has 1 aliphatic carbocycles. The Morgan fingerprint density at radius 2 is 0.910 bits per heavy atom. The predicted octanol–water partition coefficient (Wildman–Crippen LogP) is 26.8. The number of carbonyl (C=O) groups is 5. The van der Waals surface area contributed by atoms with Gasteiger partial charge in [-0.05, 0) is 230 Å². The summed E-state index contributed by atoms with van der Waals surface area (Å²) >= 11 is 30.4. The van der Waals surface area contributed by atoms with Crippen molar-refractivity contribution in [3.63, 3.8) is 0 Å². The number of carboxylic acid groups (broad SMARTS) is 5. The molecule has 0 amide bonds. The van der Waals surface area contributed by atoms with E-state index in [2.05, 4.69) is 55.3 Å². The Kier molecular flexibility index (Phi) is 30.1. The van der Waals surface area contributed by atoms with E-state index in [-0.39, 0.29) is 6.42 Å². The molecule has 18 rings (SSSR count). The van der Waals surface area contributed by atoms with Gasteiger partial charge in [-0.2, -0.15) is 21.0 Å². The molecule has 5 N–H and O–H groups in total. The molecule has 28 heteroatoms. The summed E-state index contributed by atoms with van der Waals surface area (Å²) in [6.07, 6.45) is 19.7. The third-order valence-corrected chi connectivity index (χ3v) is 28.9. The van der Waals surface area contributed by atoms with Gasteiger partial charge in [0.2, 0.25) is 0 Å². The zero-order chi connectivity index (χ0) is 95.5. The van der Waals surface area contributed by atoms with Crippen molar-refractivity contribution in [2.75, 3.05) is 0 Å². The number of thioether (sulfide) groups is 4. The molecule has 666 valence electrons. The number of hydrogen-bond acceptors (Lipinski definition) is 18. The number of benzene rings is 11. The van der Waals surface area contributed by atoms with Crippen LogP contribution in [0.15, 0.2) is 288 Å². The number of nitrogens with zero attached hydrogens (tertiary/aromatic N) is 10. The van der Waals surface area contributed by atoms with E-state index in [0.29, 0.717) is 68.0 Å². The number of aryl methyl sites for hydroxylation is 2. The highest BCUT2D eigenvalue weighted by atomic mass is 35.5. The lowest BCUT2D eigenvalue weighted by molar-refractivity contribution is -0.142. The minimum Gasteiger partial charge on any atom is -0.481 e. The smallest absolute Gasteiger partial charge is 0.320 e. The maximum absolute atomic E-state index is 11.8. The number of carboxylic acids is 5. The van der Waals surface area contributed by atoms with Gasteiger partial charge in [-0.3, -0.25) is 43.9 Å². The molecule has 1 atom stereocenters. The molecular formula is C106H80Cl4N10O10S4. The van der Waals surface area contributed by atoms with Crippen LogP contribution in [-0.4, -0.2) is 104 Å². The summed E-state index contributed by atoms with van der Waals surface area (Å²) < 4.78 is -0.584. The fraction of sp³-hybridized carbons (Fsp3) is 0.151. The van der Waals surface area contributed by atoms with Gasteiger partial charge in [-0.25, -0.2) is 4.98 Å². The maximum Gasteiger partial charge on any atom is 0.320 e. The molecule has 11 aromatic carbocycles. The van der Waals surface area contributed by atoms with Crippen LogP contribution in [0.3, 0.4) is 0 Å². The van der Waals surface area contributed by atoms with Crippen molar-refractivity contribution in [3.8, 4) is 68.8 Å². The van der Waals surface area contributed by atoms with Crippen LogP contribution in [0, 0.1) is 52.2 Å². The van der Waals surface area contributed by atoms with Crippen LogP contribution in [0.25, 0.3) is 115 Å². The molecule has 20 nitrogen and oxygen atoms in total. The van der Waals surface area contributed by atoms with Crippen molar-refractivity contribution in [2.24, 2.45) is 0 Å². The summed E-state index contributed by atoms with van der Waals surface area (Å²) in [5.74, 6) is -3.27. The number of nitriles is 4. The largest absolute Gasteiger partial charge is 0.481 e. The van der Waals surface area contributed by atoms with Gasteiger partial charge in [-0.15, -0.1) is 47.0 Å². The Balaban J connectivity index is 0.000000135. The zero-order valence-corrected chi connectivity index (χ0v) is 78.9. The number of aromatic nitrogens is 6.